The number of alkyl halides is 2. The maximum Gasteiger partial charge on any atom is 0.275 e. The van der Waals surface area contributed by atoms with E-state index in [0.29, 0.717) is 23.1 Å². The highest BCUT2D eigenvalue weighted by molar-refractivity contribution is 9.10. The molecular weight excluding hydrogens is 252 g/mol. The highest BCUT2D eigenvalue weighted by atomic mass is 79.9. The van der Waals surface area contributed by atoms with E-state index in [-0.39, 0.29) is 12.0 Å². The average Bonchev–Trinajstić information content (AvgIpc) is 2.25. The average molecular weight is 262 g/mol. The summed E-state index contributed by atoms with van der Waals surface area (Å²) >= 11 is 3.18. The largest absolute Gasteiger partial charge is 0.312 e. The fourth-order valence-corrected chi connectivity index (χ4v) is 2.42. The zero-order valence-corrected chi connectivity index (χ0v) is 9.07. The Morgan fingerprint density at radius 3 is 2.93 bits per heavy atom. The fraction of sp³-hybridized carbons (Fsp3) is 0.400. The van der Waals surface area contributed by atoms with Gasteiger partial charge in [-0.3, -0.25) is 0 Å². The highest BCUT2D eigenvalue weighted by Crippen LogP contribution is 2.39. The van der Waals surface area contributed by atoms with E-state index in [0.717, 1.165) is 0 Å². The third-order valence-corrected chi connectivity index (χ3v) is 3.06. The van der Waals surface area contributed by atoms with Crippen LogP contribution in [0.5, 0.6) is 0 Å². The quantitative estimate of drug-likeness (QED) is 0.757. The van der Waals surface area contributed by atoms with Crippen LogP contribution in [0.2, 0.25) is 0 Å². The van der Waals surface area contributed by atoms with Gasteiger partial charge in [0.2, 0.25) is 0 Å². The molecule has 1 aliphatic heterocycles. The number of halogens is 3. The predicted octanol–water partition coefficient (Wildman–Crippen LogP) is 3.03. The number of nitrogens with one attached hydrogen (secondary N) is 1. The lowest BCUT2D eigenvalue weighted by Crippen LogP contribution is -2.17. The highest BCUT2D eigenvalue weighted by Gasteiger charge is 2.36. The Bertz CT molecular complexity index is 352. The van der Waals surface area contributed by atoms with E-state index in [2.05, 4.69) is 21.2 Å². The summed E-state index contributed by atoms with van der Waals surface area (Å²) < 4.78 is 27.8. The third kappa shape index (κ3) is 1.68. The Morgan fingerprint density at radius 2 is 2.14 bits per heavy atom. The molecule has 4 heteroatoms. The molecule has 76 valence electrons. The first-order valence-electron chi connectivity index (χ1n) is 4.48. The Kier molecular flexibility index (Phi) is 2.58. The Morgan fingerprint density at radius 1 is 1.36 bits per heavy atom. The van der Waals surface area contributed by atoms with Crippen molar-refractivity contribution in [3.8, 4) is 0 Å². The van der Waals surface area contributed by atoms with Gasteiger partial charge in [0.1, 0.15) is 0 Å². The van der Waals surface area contributed by atoms with Crippen molar-refractivity contribution < 1.29 is 8.78 Å². The first-order valence-corrected chi connectivity index (χ1v) is 5.27. The second kappa shape index (κ2) is 3.59. The third-order valence-electron chi connectivity index (χ3n) is 2.40. The summed E-state index contributed by atoms with van der Waals surface area (Å²) in [5.41, 5.74) is 0.826. The van der Waals surface area contributed by atoms with Crippen molar-refractivity contribution in [3.05, 3.63) is 33.8 Å². The summed E-state index contributed by atoms with van der Waals surface area (Å²) in [6.07, 6.45) is -0.136. The minimum absolute atomic E-state index is 0.136. The van der Waals surface area contributed by atoms with Gasteiger partial charge >= 0.3 is 0 Å². The van der Waals surface area contributed by atoms with E-state index in [1.54, 1.807) is 18.2 Å². The van der Waals surface area contributed by atoms with E-state index in [9.17, 15) is 8.78 Å². The van der Waals surface area contributed by atoms with Crippen molar-refractivity contribution in [2.24, 2.45) is 0 Å². The number of benzene rings is 1. The second-order valence-electron chi connectivity index (χ2n) is 3.41. The SMILES string of the molecule is FC1(F)CCNCc2cccc(Br)c21. The minimum Gasteiger partial charge on any atom is -0.312 e. The normalized spacial score (nSPS) is 19.9. The van der Waals surface area contributed by atoms with Crippen LogP contribution in [0.3, 0.4) is 0 Å². The van der Waals surface area contributed by atoms with E-state index >= 15 is 0 Å². The molecule has 1 aromatic carbocycles. The molecule has 1 aliphatic rings. The van der Waals surface area contributed by atoms with Crippen LogP contribution in [-0.2, 0) is 12.5 Å². The maximum absolute atomic E-state index is 13.6. The summed E-state index contributed by atoms with van der Waals surface area (Å²) in [7, 11) is 0. The molecule has 1 heterocycles. The number of hydrogen-bond donors (Lipinski definition) is 1. The molecule has 0 spiro atoms. The van der Waals surface area contributed by atoms with Crippen LogP contribution >= 0.6 is 15.9 Å². The van der Waals surface area contributed by atoms with Gasteiger partial charge < -0.3 is 5.32 Å². The molecule has 0 unspecified atom stereocenters. The first kappa shape index (κ1) is 10.1. The van der Waals surface area contributed by atoms with Gasteiger partial charge in [0, 0.05) is 29.5 Å². The van der Waals surface area contributed by atoms with Crippen molar-refractivity contribution in [2.45, 2.75) is 18.9 Å². The van der Waals surface area contributed by atoms with Crippen molar-refractivity contribution in [1.82, 2.24) is 5.32 Å². The summed E-state index contributed by atoms with van der Waals surface area (Å²) in [5, 5.41) is 2.99. The molecule has 0 atom stereocenters. The lowest BCUT2D eigenvalue weighted by molar-refractivity contribution is -0.0113. The van der Waals surface area contributed by atoms with Crippen molar-refractivity contribution in [3.63, 3.8) is 0 Å². The van der Waals surface area contributed by atoms with Crippen LogP contribution in [-0.4, -0.2) is 6.54 Å². The second-order valence-corrected chi connectivity index (χ2v) is 4.26. The Balaban J connectivity index is 2.58. The van der Waals surface area contributed by atoms with E-state index in [1.165, 1.54) is 0 Å². The smallest absolute Gasteiger partial charge is 0.275 e. The van der Waals surface area contributed by atoms with Gasteiger partial charge in [-0.15, -0.1) is 0 Å². The molecule has 2 rings (SSSR count). The molecule has 0 amide bonds. The minimum atomic E-state index is -2.72. The van der Waals surface area contributed by atoms with Gasteiger partial charge in [-0.1, -0.05) is 28.1 Å². The van der Waals surface area contributed by atoms with Crippen LogP contribution in [0, 0.1) is 0 Å². The fourth-order valence-electron chi connectivity index (χ4n) is 1.72. The van der Waals surface area contributed by atoms with E-state index < -0.39 is 5.92 Å². The van der Waals surface area contributed by atoms with Crippen molar-refractivity contribution in [1.29, 1.82) is 0 Å². The molecular formula is C10H10BrF2N. The van der Waals surface area contributed by atoms with Gasteiger partial charge in [0.05, 0.1) is 0 Å². The molecule has 1 aromatic rings. The van der Waals surface area contributed by atoms with Crippen LogP contribution in [0.4, 0.5) is 8.78 Å². The molecule has 0 saturated heterocycles. The van der Waals surface area contributed by atoms with Gasteiger partial charge in [-0.25, -0.2) is 8.78 Å². The molecule has 0 aliphatic carbocycles. The van der Waals surface area contributed by atoms with E-state index in [1.807, 2.05) is 0 Å². The molecule has 0 aromatic heterocycles. The summed E-state index contributed by atoms with van der Waals surface area (Å²) in [6, 6.07) is 5.19. The van der Waals surface area contributed by atoms with Gasteiger partial charge in [-0.2, -0.15) is 0 Å². The van der Waals surface area contributed by atoms with Crippen LogP contribution < -0.4 is 5.32 Å². The van der Waals surface area contributed by atoms with E-state index in [4.69, 9.17) is 0 Å². The van der Waals surface area contributed by atoms with Gasteiger partial charge in [0.25, 0.3) is 5.92 Å². The van der Waals surface area contributed by atoms with Crippen LogP contribution in [0.25, 0.3) is 0 Å². The van der Waals surface area contributed by atoms with Crippen molar-refractivity contribution in [2.75, 3.05) is 6.54 Å². The molecule has 0 bridgehead atoms. The van der Waals surface area contributed by atoms with Crippen molar-refractivity contribution >= 4 is 15.9 Å². The summed E-state index contributed by atoms with van der Waals surface area (Å²) in [4.78, 5) is 0. The molecule has 0 saturated carbocycles. The number of rotatable bonds is 0. The molecule has 0 radical (unpaired) electrons. The van der Waals surface area contributed by atoms with Gasteiger partial charge in [0.15, 0.2) is 0 Å². The standard InChI is InChI=1S/C10H10BrF2N/c11-8-3-1-2-7-6-14-5-4-10(12,13)9(7)8/h1-3,14H,4-6H2. The topological polar surface area (TPSA) is 12.0 Å². The zero-order chi connectivity index (χ0) is 10.2. The Labute approximate surface area is 89.6 Å². The molecule has 14 heavy (non-hydrogen) atoms. The first-order chi connectivity index (χ1) is 6.61. The lowest BCUT2D eigenvalue weighted by Gasteiger charge is -2.17. The predicted molar refractivity (Wildman–Crippen MR) is 54.4 cm³/mol. The van der Waals surface area contributed by atoms with Gasteiger partial charge in [-0.05, 0) is 11.6 Å². The monoisotopic (exact) mass is 261 g/mol. The lowest BCUT2D eigenvalue weighted by atomic mass is 10.0. The molecule has 0 fully saturated rings. The van der Waals surface area contributed by atoms with Crippen LogP contribution in [0.1, 0.15) is 17.5 Å². The maximum atomic E-state index is 13.6. The van der Waals surface area contributed by atoms with Crippen LogP contribution in [0.15, 0.2) is 22.7 Å². The number of hydrogen-bond acceptors (Lipinski definition) is 1. The summed E-state index contributed by atoms with van der Waals surface area (Å²) in [5.74, 6) is -2.72. The molecule has 1 N–H and O–H groups in total. The molecule has 1 nitrogen and oxygen atoms in total. The number of fused-ring (bicyclic) bond motifs is 1. The summed E-state index contributed by atoms with van der Waals surface area (Å²) in [6.45, 7) is 0.873. The zero-order valence-electron chi connectivity index (χ0n) is 7.49. The Hall–Kier alpha value is -0.480.